The number of carboxylic acids is 1. The molecule has 0 bridgehead atoms. The molecule has 1 aromatic rings. The standard InChI is InChI=1S/C11H16N4O4/c1-2-6-19-11(18)12-5-3-4-9-7-15(14-13-9)8-10(16)17/h2,7H,1,3-6,8H2,(H,12,18)(H,16,17). The maximum Gasteiger partial charge on any atom is 0.407 e. The Morgan fingerprint density at radius 2 is 2.37 bits per heavy atom. The van der Waals surface area contributed by atoms with Crippen LogP contribution in [0.15, 0.2) is 18.9 Å². The zero-order valence-corrected chi connectivity index (χ0v) is 10.4. The number of aromatic nitrogens is 3. The van der Waals surface area contributed by atoms with Crippen molar-refractivity contribution in [3.63, 3.8) is 0 Å². The predicted octanol–water partition coefficient (Wildman–Crippen LogP) is 0.207. The van der Waals surface area contributed by atoms with Gasteiger partial charge in [0, 0.05) is 12.7 Å². The maximum atomic E-state index is 11.1. The zero-order chi connectivity index (χ0) is 14.1. The quantitative estimate of drug-likeness (QED) is 0.515. The van der Waals surface area contributed by atoms with Crippen LogP contribution in [-0.2, 0) is 22.5 Å². The van der Waals surface area contributed by atoms with Crippen LogP contribution in [0.3, 0.4) is 0 Å². The van der Waals surface area contributed by atoms with Crippen molar-refractivity contribution in [2.24, 2.45) is 0 Å². The fourth-order valence-electron chi connectivity index (χ4n) is 1.31. The molecule has 0 saturated carbocycles. The molecule has 1 rings (SSSR count). The van der Waals surface area contributed by atoms with Gasteiger partial charge in [0.05, 0.1) is 5.69 Å². The summed E-state index contributed by atoms with van der Waals surface area (Å²) in [5.41, 5.74) is 0.683. The van der Waals surface area contributed by atoms with Crippen molar-refractivity contribution in [2.45, 2.75) is 19.4 Å². The molecule has 0 radical (unpaired) electrons. The Morgan fingerprint density at radius 1 is 1.58 bits per heavy atom. The number of hydrogen-bond acceptors (Lipinski definition) is 5. The molecule has 0 aliphatic heterocycles. The van der Waals surface area contributed by atoms with E-state index in [2.05, 4.69) is 22.2 Å². The van der Waals surface area contributed by atoms with E-state index < -0.39 is 12.1 Å². The van der Waals surface area contributed by atoms with Crippen LogP contribution in [-0.4, -0.2) is 45.3 Å². The lowest BCUT2D eigenvalue weighted by Crippen LogP contribution is -2.25. The normalized spacial score (nSPS) is 9.89. The number of carboxylic acid groups (broad SMARTS) is 1. The number of nitrogens with one attached hydrogen (secondary N) is 1. The Bertz CT molecular complexity index is 444. The molecule has 0 aliphatic carbocycles. The van der Waals surface area contributed by atoms with Gasteiger partial charge < -0.3 is 15.2 Å². The minimum Gasteiger partial charge on any atom is -0.480 e. The summed E-state index contributed by atoms with van der Waals surface area (Å²) >= 11 is 0. The molecule has 19 heavy (non-hydrogen) atoms. The number of amides is 1. The summed E-state index contributed by atoms with van der Waals surface area (Å²) in [7, 11) is 0. The minimum atomic E-state index is -0.969. The highest BCUT2D eigenvalue weighted by molar-refractivity contribution is 5.67. The van der Waals surface area contributed by atoms with Gasteiger partial charge in [0.15, 0.2) is 0 Å². The van der Waals surface area contributed by atoms with Gasteiger partial charge in [-0.3, -0.25) is 4.79 Å². The Hall–Kier alpha value is -2.38. The van der Waals surface area contributed by atoms with Crippen LogP contribution >= 0.6 is 0 Å². The fraction of sp³-hybridized carbons (Fsp3) is 0.455. The van der Waals surface area contributed by atoms with Gasteiger partial charge in [-0.1, -0.05) is 17.9 Å². The van der Waals surface area contributed by atoms with Crippen LogP contribution in [0.25, 0.3) is 0 Å². The largest absolute Gasteiger partial charge is 0.480 e. The van der Waals surface area contributed by atoms with Crippen molar-refractivity contribution >= 4 is 12.1 Å². The Balaban J connectivity index is 2.18. The van der Waals surface area contributed by atoms with E-state index in [1.54, 1.807) is 6.20 Å². The number of hydrogen-bond donors (Lipinski definition) is 2. The summed E-state index contributed by atoms with van der Waals surface area (Å²) in [5.74, 6) is -0.969. The van der Waals surface area contributed by atoms with E-state index in [1.807, 2.05) is 0 Å². The topological polar surface area (TPSA) is 106 Å². The van der Waals surface area contributed by atoms with Crippen molar-refractivity contribution in [1.82, 2.24) is 20.3 Å². The number of carbonyl (C=O) groups excluding carboxylic acids is 1. The van der Waals surface area contributed by atoms with E-state index in [9.17, 15) is 9.59 Å². The smallest absolute Gasteiger partial charge is 0.407 e. The highest BCUT2D eigenvalue weighted by Gasteiger charge is 2.04. The third-order valence-corrected chi connectivity index (χ3v) is 2.09. The summed E-state index contributed by atoms with van der Waals surface area (Å²) < 4.78 is 5.98. The summed E-state index contributed by atoms with van der Waals surface area (Å²) in [4.78, 5) is 21.5. The first kappa shape index (κ1) is 14.7. The molecular formula is C11H16N4O4. The second-order valence-electron chi connectivity index (χ2n) is 3.72. The molecule has 0 spiro atoms. The number of alkyl carbamates (subject to hydrolysis) is 1. The molecule has 0 aliphatic rings. The number of nitrogens with zero attached hydrogens (tertiary/aromatic N) is 3. The Kier molecular flexibility index (Phi) is 6.07. The van der Waals surface area contributed by atoms with E-state index >= 15 is 0 Å². The number of aryl methyl sites for hydroxylation is 1. The van der Waals surface area contributed by atoms with Crippen molar-refractivity contribution in [3.8, 4) is 0 Å². The lowest BCUT2D eigenvalue weighted by molar-refractivity contribution is -0.137. The average molecular weight is 268 g/mol. The van der Waals surface area contributed by atoms with Gasteiger partial charge in [-0.05, 0) is 12.8 Å². The average Bonchev–Trinajstić information content (AvgIpc) is 2.79. The van der Waals surface area contributed by atoms with Crippen LogP contribution in [0, 0.1) is 0 Å². The van der Waals surface area contributed by atoms with E-state index in [0.29, 0.717) is 25.1 Å². The highest BCUT2D eigenvalue weighted by atomic mass is 16.5. The summed E-state index contributed by atoms with van der Waals surface area (Å²) in [6, 6.07) is 0. The highest BCUT2D eigenvalue weighted by Crippen LogP contribution is 1.97. The van der Waals surface area contributed by atoms with E-state index in [4.69, 9.17) is 9.84 Å². The number of ether oxygens (including phenoxy) is 1. The lowest BCUT2D eigenvalue weighted by atomic mass is 10.2. The van der Waals surface area contributed by atoms with Crippen molar-refractivity contribution < 1.29 is 19.4 Å². The lowest BCUT2D eigenvalue weighted by Gasteiger charge is -2.03. The van der Waals surface area contributed by atoms with Crippen LogP contribution in [0.2, 0.25) is 0 Å². The second kappa shape index (κ2) is 7.85. The summed E-state index contributed by atoms with van der Waals surface area (Å²) in [6.07, 6.45) is 3.83. The van der Waals surface area contributed by atoms with Crippen LogP contribution in [0.4, 0.5) is 4.79 Å². The van der Waals surface area contributed by atoms with Gasteiger partial charge >= 0.3 is 12.1 Å². The molecule has 1 aromatic heterocycles. The van der Waals surface area contributed by atoms with E-state index in [1.165, 1.54) is 10.8 Å². The molecule has 0 unspecified atom stereocenters. The van der Waals surface area contributed by atoms with Gasteiger partial charge in [-0.25, -0.2) is 9.48 Å². The molecule has 104 valence electrons. The SMILES string of the molecule is C=CCOC(=O)NCCCc1cn(CC(=O)O)nn1. The number of rotatable bonds is 8. The first-order valence-electron chi connectivity index (χ1n) is 5.74. The predicted molar refractivity (Wildman–Crippen MR) is 65.5 cm³/mol. The van der Waals surface area contributed by atoms with Gasteiger partial charge in [-0.2, -0.15) is 0 Å². The van der Waals surface area contributed by atoms with Gasteiger partial charge in [0.25, 0.3) is 0 Å². The van der Waals surface area contributed by atoms with Gasteiger partial charge in [0.2, 0.25) is 0 Å². The van der Waals surface area contributed by atoms with Crippen LogP contribution < -0.4 is 5.32 Å². The molecule has 2 N–H and O–H groups in total. The number of aliphatic carboxylic acids is 1. The molecule has 1 heterocycles. The fourth-order valence-corrected chi connectivity index (χ4v) is 1.31. The van der Waals surface area contributed by atoms with Gasteiger partial charge in [-0.15, -0.1) is 5.10 Å². The molecule has 0 saturated heterocycles. The Labute approximate surface area is 110 Å². The van der Waals surface area contributed by atoms with Gasteiger partial charge in [0.1, 0.15) is 13.2 Å². The van der Waals surface area contributed by atoms with Crippen molar-refractivity contribution in [2.75, 3.05) is 13.2 Å². The molecule has 1 amide bonds. The van der Waals surface area contributed by atoms with Crippen LogP contribution in [0.1, 0.15) is 12.1 Å². The number of carbonyl (C=O) groups is 2. The van der Waals surface area contributed by atoms with E-state index in [-0.39, 0.29) is 13.2 Å². The molecule has 0 aromatic carbocycles. The van der Waals surface area contributed by atoms with Crippen molar-refractivity contribution in [1.29, 1.82) is 0 Å². The first-order chi connectivity index (χ1) is 9.11. The van der Waals surface area contributed by atoms with E-state index in [0.717, 1.165) is 0 Å². The molecule has 0 fully saturated rings. The van der Waals surface area contributed by atoms with Crippen LogP contribution in [0.5, 0.6) is 0 Å². The zero-order valence-electron chi connectivity index (χ0n) is 10.4. The maximum absolute atomic E-state index is 11.1. The molecular weight excluding hydrogens is 252 g/mol. The summed E-state index contributed by atoms with van der Waals surface area (Å²) in [5, 5.41) is 18.6. The first-order valence-corrected chi connectivity index (χ1v) is 5.74. The monoisotopic (exact) mass is 268 g/mol. The minimum absolute atomic E-state index is 0.176. The van der Waals surface area contributed by atoms with Crippen molar-refractivity contribution in [3.05, 3.63) is 24.5 Å². The molecule has 0 atom stereocenters. The third-order valence-electron chi connectivity index (χ3n) is 2.09. The molecule has 8 nitrogen and oxygen atoms in total. The Morgan fingerprint density at radius 3 is 3.05 bits per heavy atom. The summed E-state index contributed by atoms with van der Waals surface area (Å²) in [6.45, 7) is 3.84. The third kappa shape index (κ3) is 6.20. The molecule has 8 heteroatoms. The second-order valence-corrected chi connectivity index (χ2v) is 3.72.